The maximum absolute atomic E-state index is 14.0. The second-order valence-corrected chi connectivity index (χ2v) is 7.82. The highest BCUT2D eigenvalue weighted by Crippen LogP contribution is 2.33. The molecule has 0 bridgehead atoms. The molecule has 0 aliphatic heterocycles. The summed E-state index contributed by atoms with van der Waals surface area (Å²) in [5.74, 6) is -1.26. The smallest absolute Gasteiger partial charge is 0.172 e. The first kappa shape index (κ1) is 15.9. The Morgan fingerprint density at radius 2 is 2.05 bits per heavy atom. The van der Waals surface area contributed by atoms with Gasteiger partial charge in [-0.05, 0) is 31.4 Å². The number of hydrogen-bond donors (Lipinski definition) is 0. The third-order valence-corrected chi connectivity index (χ3v) is 5.68. The van der Waals surface area contributed by atoms with Crippen molar-refractivity contribution < 1.29 is 22.3 Å². The molecule has 116 valence electrons. The highest BCUT2D eigenvalue weighted by molar-refractivity contribution is 7.91. The molecule has 0 N–H and O–H groups in total. The van der Waals surface area contributed by atoms with Gasteiger partial charge in [0.2, 0.25) is 0 Å². The molecule has 0 radical (unpaired) electrons. The zero-order chi connectivity index (χ0) is 15.6. The molecule has 1 saturated carbocycles. The van der Waals surface area contributed by atoms with E-state index in [0.29, 0.717) is 19.3 Å². The number of methoxy groups -OCH3 is 1. The maximum atomic E-state index is 14.0. The SMILES string of the molecule is COc1cccc(F)c1C(=O)C1CCCC(S(C)(=O)=O)C1. The van der Waals surface area contributed by atoms with E-state index in [2.05, 4.69) is 0 Å². The minimum atomic E-state index is -3.18. The van der Waals surface area contributed by atoms with Crippen LogP contribution in [-0.2, 0) is 9.84 Å². The van der Waals surface area contributed by atoms with E-state index >= 15 is 0 Å². The predicted molar refractivity (Wildman–Crippen MR) is 77.9 cm³/mol. The molecular formula is C15H19FO4S. The van der Waals surface area contributed by atoms with Gasteiger partial charge in [0.05, 0.1) is 17.9 Å². The Balaban J connectivity index is 2.28. The van der Waals surface area contributed by atoms with Crippen LogP contribution in [-0.4, -0.2) is 32.8 Å². The summed E-state index contributed by atoms with van der Waals surface area (Å²) in [7, 11) is -1.80. The zero-order valence-corrected chi connectivity index (χ0v) is 13.0. The van der Waals surface area contributed by atoms with Gasteiger partial charge in [0.15, 0.2) is 5.78 Å². The molecule has 0 saturated heterocycles. The van der Waals surface area contributed by atoms with Crippen molar-refractivity contribution in [2.24, 2.45) is 5.92 Å². The lowest BCUT2D eigenvalue weighted by Gasteiger charge is -2.27. The standard InChI is InChI=1S/C15H19FO4S/c1-20-13-8-4-7-12(16)14(13)15(17)10-5-3-6-11(9-10)21(2,18)19/h4,7-8,10-11H,3,5-6,9H2,1-2H3. The van der Waals surface area contributed by atoms with E-state index in [4.69, 9.17) is 4.74 Å². The Bertz CT molecular complexity index is 639. The second-order valence-electron chi connectivity index (χ2n) is 5.50. The van der Waals surface area contributed by atoms with E-state index in [1.165, 1.54) is 31.6 Å². The highest BCUT2D eigenvalue weighted by atomic mass is 32.2. The van der Waals surface area contributed by atoms with Crippen molar-refractivity contribution in [1.82, 2.24) is 0 Å². The number of Topliss-reactive ketones (excluding diaryl/α,β-unsaturated/α-hetero) is 1. The minimum absolute atomic E-state index is 0.0702. The number of halogens is 1. The summed E-state index contributed by atoms with van der Waals surface area (Å²) >= 11 is 0. The average Bonchev–Trinajstić information content (AvgIpc) is 2.45. The van der Waals surface area contributed by atoms with Crippen molar-refractivity contribution in [1.29, 1.82) is 0 Å². The van der Waals surface area contributed by atoms with Gasteiger partial charge in [-0.3, -0.25) is 4.79 Å². The van der Waals surface area contributed by atoms with Crippen LogP contribution in [0.3, 0.4) is 0 Å². The number of carbonyl (C=O) groups is 1. The summed E-state index contributed by atoms with van der Waals surface area (Å²) < 4.78 is 42.3. The molecular weight excluding hydrogens is 295 g/mol. The van der Waals surface area contributed by atoms with Crippen LogP contribution < -0.4 is 4.74 Å². The molecule has 4 nitrogen and oxygen atoms in total. The lowest BCUT2D eigenvalue weighted by Crippen LogP contribution is -2.31. The van der Waals surface area contributed by atoms with Gasteiger partial charge < -0.3 is 4.74 Å². The number of ether oxygens (including phenoxy) is 1. The number of benzene rings is 1. The first-order valence-corrected chi connectivity index (χ1v) is 8.85. The molecule has 2 unspecified atom stereocenters. The van der Waals surface area contributed by atoms with Gasteiger partial charge in [-0.15, -0.1) is 0 Å². The highest BCUT2D eigenvalue weighted by Gasteiger charge is 2.34. The summed E-state index contributed by atoms with van der Waals surface area (Å²) in [6, 6.07) is 4.23. The zero-order valence-electron chi connectivity index (χ0n) is 12.1. The van der Waals surface area contributed by atoms with Crippen molar-refractivity contribution in [2.45, 2.75) is 30.9 Å². The average molecular weight is 314 g/mol. The van der Waals surface area contributed by atoms with Crippen molar-refractivity contribution >= 4 is 15.6 Å². The van der Waals surface area contributed by atoms with Crippen LogP contribution in [0.5, 0.6) is 5.75 Å². The van der Waals surface area contributed by atoms with Crippen molar-refractivity contribution in [3.63, 3.8) is 0 Å². The summed E-state index contributed by atoms with van der Waals surface area (Å²) in [4.78, 5) is 12.6. The molecule has 1 fully saturated rings. The fourth-order valence-electron chi connectivity index (χ4n) is 2.89. The van der Waals surface area contributed by atoms with Crippen LogP contribution >= 0.6 is 0 Å². The molecule has 0 aromatic heterocycles. The van der Waals surface area contributed by atoms with Crippen molar-refractivity contribution in [3.05, 3.63) is 29.6 Å². The Morgan fingerprint density at radius 3 is 2.67 bits per heavy atom. The summed E-state index contributed by atoms with van der Waals surface area (Å²) in [5.41, 5.74) is -0.0702. The number of carbonyl (C=O) groups excluding carboxylic acids is 1. The Hall–Kier alpha value is -1.43. The molecule has 0 heterocycles. The first-order chi connectivity index (χ1) is 9.84. The molecule has 2 atom stereocenters. The first-order valence-electron chi connectivity index (χ1n) is 6.90. The van der Waals surface area contributed by atoms with E-state index in [0.717, 1.165) is 0 Å². The Morgan fingerprint density at radius 1 is 1.33 bits per heavy atom. The number of rotatable bonds is 4. The van der Waals surface area contributed by atoms with E-state index in [9.17, 15) is 17.6 Å². The number of hydrogen-bond acceptors (Lipinski definition) is 4. The van der Waals surface area contributed by atoms with Gasteiger partial charge in [-0.2, -0.15) is 0 Å². The molecule has 0 spiro atoms. The fraction of sp³-hybridized carbons (Fsp3) is 0.533. The molecule has 1 aromatic rings. The van der Waals surface area contributed by atoms with Crippen LogP contribution in [0.4, 0.5) is 4.39 Å². The van der Waals surface area contributed by atoms with E-state index < -0.39 is 26.8 Å². The molecule has 2 rings (SSSR count). The van der Waals surface area contributed by atoms with Gasteiger partial charge in [0, 0.05) is 12.2 Å². The van der Waals surface area contributed by atoms with Crippen LogP contribution in [0.2, 0.25) is 0 Å². The van der Waals surface area contributed by atoms with E-state index in [1.54, 1.807) is 0 Å². The third kappa shape index (κ3) is 3.43. The molecule has 6 heteroatoms. The lowest BCUT2D eigenvalue weighted by molar-refractivity contribution is 0.0883. The monoisotopic (exact) mass is 314 g/mol. The van der Waals surface area contributed by atoms with Crippen molar-refractivity contribution in [3.8, 4) is 5.75 Å². The van der Waals surface area contributed by atoms with Gasteiger partial charge in [0.25, 0.3) is 0 Å². The largest absolute Gasteiger partial charge is 0.496 e. The fourth-order valence-corrected chi connectivity index (χ4v) is 4.07. The third-order valence-electron chi connectivity index (χ3n) is 4.04. The Kier molecular flexibility index (Phi) is 4.66. The molecule has 1 aliphatic carbocycles. The summed E-state index contributed by atoms with van der Waals surface area (Å²) in [6.07, 6.45) is 3.26. The van der Waals surface area contributed by atoms with E-state index in [-0.39, 0.29) is 23.5 Å². The van der Waals surface area contributed by atoms with Gasteiger partial charge in [-0.1, -0.05) is 12.5 Å². The van der Waals surface area contributed by atoms with Crippen molar-refractivity contribution in [2.75, 3.05) is 13.4 Å². The lowest BCUT2D eigenvalue weighted by atomic mass is 9.83. The van der Waals surface area contributed by atoms with Crippen LogP contribution in [0, 0.1) is 11.7 Å². The topological polar surface area (TPSA) is 60.4 Å². The molecule has 0 amide bonds. The van der Waals surface area contributed by atoms with Crippen LogP contribution in [0.15, 0.2) is 18.2 Å². The molecule has 21 heavy (non-hydrogen) atoms. The maximum Gasteiger partial charge on any atom is 0.172 e. The van der Waals surface area contributed by atoms with Gasteiger partial charge >= 0.3 is 0 Å². The van der Waals surface area contributed by atoms with E-state index in [1.807, 2.05) is 0 Å². The second kappa shape index (κ2) is 6.13. The Labute approximate surface area is 124 Å². The molecule has 1 aromatic carbocycles. The summed E-state index contributed by atoms with van der Waals surface area (Å²) in [6.45, 7) is 0. The summed E-state index contributed by atoms with van der Waals surface area (Å²) in [5, 5.41) is -0.516. The number of sulfone groups is 1. The quantitative estimate of drug-likeness (QED) is 0.802. The van der Waals surface area contributed by atoms with Crippen LogP contribution in [0.1, 0.15) is 36.0 Å². The van der Waals surface area contributed by atoms with Crippen LogP contribution in [0.25, 0.3) is 0 Å². The van der Waals surface area contributed by atoms with Gasteiger partial charge in [0.1, 0.15) is 21.4 Å². The predicted octanol–water partition coefficient (Wildman–Crippen LogP) is 2.62. The minimum Gasteiger partial charge on any atom is -0.496 e. The molecule has 1 aliphatic rings. The normalized spacial score (nSPS) is 22.8. The van der Waals surface area contributed by atoms with Gasteiger partial charge in [-0.25, -0.2) is 12.8 Å². The number of ketones is 1.